The largest absolute Gasteiger partial charge is 0.493 e. The number of carbonyl (C=O) groups excluding carboxylic acids is 2. The molecule has 30 heavy (non-hydrogen) atoms. The number of hydrogen-bond donors (Lipinski definition) is 2. The number of urea groups is 1. The van der Waals surface area contributed by atoms with Crippen molar-refractivity contribution in [3.8, 4) is 11.5 Å². The second-order valence-electron chi connectivity index (χ2n) is 6.15. The summed E-state index contributed by atoms with van der Waals surface area (Å²) in [5.41, 5.74) is 1.28. The van der Waals surface area contributed by atoms with E-state index in [-0.39, 0.29) is 17.0 Å². The van der Waals surface area contributed by atoms with Gasteiger partial charge in [0, 0.05) is 22.3 Å². The molecule has 3 aromatic carbocycles. The number of nitrogens with one attached hydrogen (secondary N) is 2. The second kappa shape index (κ2) is 9.52. The molecule has 0 aliphatic rings. The first kappa shape index (κ1) is 21.5. The maximum absolute atomic E-state index is 13.2. The van der Waals surface area contributed by atoms with Crippen molar-refractivity contribution in [2.45, 2.75) is 0 Å². The highest BCUT2D eigenvalue weighted by atomic mass is 35.5. The number of hydrogen-bond acceptors (Lipinski definition) is 4. The van der Waals surface area contributed by atoms with Crippen LogP contribution in [0.3, 0.4) is 0 Å². The van der Waals surface area contributed by atoms with Gasteiger partial charge in [0.1, 0.15) is 0 Å². The van der Waals surface area contributed by atoms with Crippen LogP contribution in [0.5, 0.6) is 11.5 Å². The van der Waals surface area contributed by atoms with Gasteiger partial charge in [0.05, 0.1) is 30.5 Å². The minimum atomic E-state index is -0.544. The van der Waals surface area contributed by atoms with Crippen LogP contribution in [0.25, 0.3) is 0 Å². The van der Waals surface area contributed by atoms with Crippen molar-refractivity contribution >= 4 is 46.4 Å². The maximum atomic E-state index is 13.2. The molecule has 0 unspecified atom stereocenters. The molecule has 2 N–H and O–H groups in total. The van der Waals surface area contributed by atoms with Gasteiger partial charge >= 0.3 is 6.03 Å². The number of halogens is 2. The van der Waals surface area contributed by atoms with Crippen molar-refractivity contribution in [3.05, 3.63) is 81.8 Å². The van der Waals surface area contributed by atoms with Crippen LogP contribution in [0.4, 0.5) is 16.2 Å². The van der Waals surface area contributed by atoms with E-state index in [1.165, 1.54) is 26.4 Å². The molecule has 0 saturated heterocycles. The summed E-state index contributed by atoms with van der Waals surface area (Å²) >= 11 is 12.1. The summed E-state index contributed by atoms with van der Waals surface area (Å²) in [6.07, 6.45) is 0. The van der Waals surface area contributed by atoms with E-state index in [2.05, 4.69) is 10.6 Å². The average Bonchev–Trinajstić information content (AvgIpc) is 2.75. The average molecular weight is 445 g/mol. The number of ketones is 1. The first-order valence-corrected chi connectivity index (χ1v) is 9.57. The highest BCUT2D eigenvalue weighted by Crippen LogP contribution is 2.35. The summed E-state index contributed by atoms with van der Waals surface area (Å²) in [6, 6.07) is 15.8. The smallest absolute Gasteiger partial charge is 0.323 e. The lowest BCUT2D eigenvalue weighted by Gasteiger charge is -2.16. The summed E-state index contributed by atoms with van der Waals surface area (Å²) in [4.78, 5) is 25.7. The molecular formula is C22H18Cl2N2O4. The van der Waals surface area contributed by atoms with E-state index < -0.39 is 6.03 Å². The Balaban J connectivity index is 1.97. The van der Waals surface area contributed by atoms with Gasteiger partial charge in [0.2, 0.25) is 0 Å². The van der Waals surface area contributed by atoms with E-state index >= 15 is 0 Å². The molecule has 0 spiro atoms. The van der Waals surface area contributed by atoms with Gasteiger partial charge in [-0.3, -0.25) is 4.79 Å². The first-order valence-electron chi connectivity index (χ1n) is 8.81. The topological polar surface area (TPSA) is 76.7 Å². The van der Waals surface area contributed by atoms with Gasteiger partial charge < -0.3 is 20.1 Å². The highest BCUT2D eigenvalue weighted by molar-refractivity contribution is 6.35. The van der Waals surface area contributed by atoms with Crippen LogP contribution in [0.1, 0.15) is 15.9 Å². The van der Waals surface area contributed by atoms with E-state index in [1.54, 1.807) is 48.5 Å². The molecule has 0 radical (unpaired) electrons. The minimum Gasteiger partial charge on any atom is -0.493 e. The van der Waals surface area contributed by atoms with Crippen LogP contribution in [-0.2, 0) is 0 Å². The van der Waals surface area contributed by atoms with Crippen molar-refractivity contribution < 1.29 is 19.1 Å². The third-order valence-electron chi connectivity index (χ3n) is 4.24. The van der Waals surface area contributed by atoms with E-state index in [0.717, 1.165) is 0 Å². The predicted octanol–water partition coefficient (Wildman–Crippen LogP) is 5.89. The number of amides is 2. The Morgan fingerprint density at radius 2 is 1.43 bits per heavy atom. The van der Waals surface area contributed by atoms with Crippen LogP contribution in [0.15, 0.2) is 60.7 Å². The van der Waals surface area contributed by atoms with E-state index in [9.17, 15) is 9.59 Å². The molecule has 0 aliphatic heterocycles. The molecule has 0 heterocycles. The fraction of sp³-hybridized carbons (Fsp3) is 0.0909. The first-order chi connectivity index (χ1) is 14.4. The third kappa shape index (κ3) is 4.84. The predicted molar refractivity (Wildman–Crippen MR) is 119 cm³/mol. The molecule has 0 atom stereocenters. The number of ether oxygens (including phenoxy) is 2. The molecular weight excluding hydrogens is 427 g/mol. The zero-order chi connectivity index (χ0) is 21.7. The molecule has 6 nitrogen and oxygen atoms in total. The fourth-order valence-electron chi connectivity index (χ4n) is 2.78. The summed E-state index contributed by atoms with van der Waals surface area (Å²) in [5, 5.41) is 6.22. The standard InChI is InChI=1S/C22H18Cl2N2O4/c1-29-19-11-16(21(27)15-5-3-4-6-17(15)24)18(12-20(19)30-2)26-22(28)25-14-9-7-13(23)8-10-14/h3-12H,1-2H3,(H2,25,26,28). The SMILES string of the molecule is COc1cc(NC(=O)Nc2ccc(Cl)cc2)c(C(=O)c2ccccc2Cl)cc1OC. The molecule has 0 fully saturated rings. The molecule has 8 heteroatoms. The van der Waals surface area contributed by atoms with E-state index in [4.69, 9.17) is 32.7 Å². The van der Waals surface area contributed by atoms with Gasteiger partial charge in [-0.05, 0) is 42.5 Å². The van der Waals surface area contributed by atoms with Crippen LogP contribution in [0, 0.1) is 0 Å². The molecule has 3 aromatic rings. The Kier molecular flexibility index (Phi) is 6.82. The summed E-state index contributed by atoms with van der Waals surface area (Å²) in [5.74, 6) is 0.329. The third-order valence-corrected chi connectivity index (χ3v) is 4.82. The van der Waals surface area contributed by atoms with Gasteiger partial charge in [0.25, 0.3) is 0 Å². The zero-order valence-electron chi connectivity index (χ0n) is 16.2. The summed E-state index contributed by atoms with van der Waals surface area (Å²) < 4.78 is 10.6. The highest BCUT2D eigenvalue weighted by Gasteiger charge is 2.21. The number of methoxy groups -OCH3 is 2. The lowest BCUT2D eigenvalue weighted by molar-refractivity contribution is 0.103. The monoisotopic (exact) mass is 444 g/mol. The number of carbonyl (C=O) groups is 2. The molecule has 0 aliphatic carbocycles. The van der Waals surface area contributed by atoms with Crippen molar-refractivity contribution in [1.29, 1.82) is 0 Å². The Bertz CT molecular complexity index is 1080. The quantitative estimate of drug-likeness (QED) is 0.464. The van der Waals surface area contributed by atoms with Gasteiger partial charge in [-0.1, -0.05) is 35.3 Å². The van der Waals surface area contributed by atoms with E-state index in [0.29, 0.717) is 32.8 Å². The zero-order valence-corrected chi connectivity index (χ0v) is 17.7. The number of benzene rings is 3. The Morgan fingerprint density at radius 3 is 2.07 bits per heavy atom. The Morgan fingerprint density at radius 1 is 0.800 bits per heavy atom. The molecule has 0 saturated carbocycles. The molecule has 154 valence electrons. The van der Waals surface area contributed by atoms with Gasteiger partial charge in [-0.2, -0.15) is 0 Å². The second-order valence-corrected chi connectivity index (χ2v) is 6.99. The fourth-order valence-corrected chi connectivity index (χ4v) is 3.13. The molecule has 0 bridgehead atoms. The molecule has 2 amide bonds. The van der Waals surface area contributed by atoms with Gasteiger partial charge in [0.15, 0.2) is 17.3 Å². The van der Waals surface area contributed by atoms with E-state index in [1.807, 2.05) is 0 Å². The van der Waals surface area contributed by atoms with Crippen molar-refractivity contribution in [1.82, 2.24) is 0 Å². The number of rotatable bonds is 6. The molecule has 3 rings (SSSR count). The minimum absolute atomic E-state index is 0.201. The maximum Gasteiger partial charge on any atom is 0.323 e. The van der Waals surface area contributed by atoms with Gasteiger partial charge in [-0.25, -0.2) is 4.79 Å². The van der Waals surface area contributed by atoms with Crippen molar-refractivity contribution in [3.63, 3.8) is 0 Å². The Labute approximate surface area is 183 Å². The lowest BCUT2D eigenvalue weighted by Crippen LogP contribution is -2.21. The van der Waals surface area contributed by atoms with Crippen LogP contribution >= 0.6 is 23.2 Å². The van der Waals surface area contributed by atoms with Crippen LogP contribution in [-0.4, -0.2) is 26.0 Å². The van der Waals surface area contributed by atoms with Crippen molar-refractivity contribution in [2.75, 3.05) is 24.9 Å². The number of anilines is 2. The normalized spacial score (nSPS) is 10.3. The Hall–Kier alpha value is -3.22. The van der Waals surface area contributed by atoms with Crippen LogP contribution in [0.2, 0.25) is 10.0 Å². The van der Waals surface area contributed by atoms with Crippen molar-refractivity contribution in [2.24, 2.45) is 0 Å². The lowest BCUT2D eigenvalue weighted by atomic mass is 10.0. The molecule has 0 aromatic heterocycles. The van der Waals surface area contributed by atoms with Crippen LogP contribution < -0.4 is 20.1 Å². The summed E-state index contributed by atoms with van der Waals surface area (Å²) in [6.45, 7) is 0. The summed E-state index contributed by atoms with van der Waals surface area (Å²) in [7, 11) is 2.92. The van der Waals surface area contributed by atoms with Gasteiger partial charge in [-0.15, -0.1) is 0 Å².